The number of imidazole rings is 1. The Morgan fingerprint density at radius 2 is 2.21 bits per heavy atom. The average molecular weight is 274 g/mol. The predicted octanol–water partition coefficient (Wildman–Crippen LogP) is 2.30. The molecule has 0 unspecified atom stereocenters. The second kappa shape index (κ2) is 4.89. The van der Waals surface area contributed by atoms with Gasteiger partial charge in [0.15, 0.2) is 0 Å². The van der Waals surface area contributed by atoms with Crippen LogP contribution in [-0.4, -0.2) is 21.2 Å². The van der Waals surface area contributed by atoms with E-state index in [0.717, 1.165) is 27.7 Å². The fraction of sp³-hybridized carbons (Fsp3) is 0.231. The van der Waals surface area contributed by atoms with Crippen molar-refractivity contribution in [2.24, 2.45) is 0 Å². The quantitative estimate of drug-likeness (QED) is 0.793. The SMILES string of the molecule is Cc1ccccc1OCCc1nn2cc(N)nc2s1. The van der Waals surface area contributed by atoms with Gasteiger partial charge in [0.1, 0.15) is 16.6 Å². The zero-order valence-corrected chi connectivity index (χ0v) is 11.4. The number of ether oxygens (including phenoxy) is 1. The number of nitrogen functional groups attached to an aromatic ring is 1. The third-order valence-electron chi connectivity index (χ3n) is 2.77. The molecule has 2 heterocycles. The van der Waals surface area contributed by atoms with E-state index in [9.17, 15) is 0 Å². The third kappa shape index (κ3) is 2.53. The summed E-state index contributed by atoms with van der Waals surface area (Å²) in [5.74, 6) is 1.43. The molecule has 1 aromatic carbocycles. The number of aromatic nitrogens is 3. The molecule has 2 aromatic heterocycles. The molecule has 0 saturated carbocycles. The minimum absolute atomic E-state index is 0.501. The van der Waals surface area contributed by atoms with E-state index < -0.39 is 0 Å². The summed E-state index contributed by atoms with van der Waals surface area (Å²) in [6.45, 7) is 2.65. The minimum Gasteiger partial charge on any atom is -0.493 e. The van der Waals surface area contributed by atoms with E-state index in [1.807, 2.05) is 31.2 Å². The molecule has 0 aliphatic carbocycles. The lowest BCUT2D eigenvalue weighted by atomic mass is 10.2. The largest absolute Gasteiger partial charge is 0.493 e. The maximum Gasteiger partial charge on any atom is 0.214 e. The summed E-state index contributed by atoms with van der Waals surface area (Å²) in [5.41, 5.74) is 6.73. The molecule has 0 bridgehead atoms. The van der Waals surface area contributed by atoms with Crippen molar-refractivity contribution in [2.45, 2.75) is 13.3 Å². The number of benzene rings is 1. The van der Waals surface area contributed by atoms with Gasteiger partial charge in [0.2, 0.25) is 4.96 Å². The summed E-state index contributed by atoms with van der Waals surface area (Å²) >= 11 is 1.54. The van der Waals surface area contributed by atoms with Crippen molar-refractivity contribution in [2.75, 3.05) is 12.3 Å². The molecular weight excluding hydrogens is 260 g/mol. The second-order valence-electron chi connectivity index (χ2n) is 4.25. The van der Waals surface area contributed by atoms with Crippen LogP contribution in [0.2, 0.25) is 0 Å². The van der Waals surface area contributed by atoms with E-state index in [2.05, 4.69) is 10.1 Å². The normalized spacial score (nSPS) is 11.0. The highest BCUT2D eigenvalue weighted by atomic mass is 32.1. The van der Waals surface area contributed by atoms with Crippen LogP contribution >= 0.6 is 11.3 Å². The molecule has 0 amide bonds. The van der Waals surface area contributed by atoms with Crippen LogP contribution in [0.1, 0.15) is 10.6 Å². The first kappa shape index (κ1) is 12.0. The molecule has 0 aliphatic rings. The maximum atomic E-state index is 5.75. The van der Waals surface area contributed by atoms with Gasteiger partial charge >= 0.3 is 0 Å². The predicted molar refractivity (Wildman–Crippen MR) is 75.7 cm³/mol. The van der Waals surface area contributed by atoms with Crippen molar-refractivity contribution in [1.82, 2.24) is 14.6 Å². The van der Waals surface area contributed by atoms with Gasteiger partial charge in [-0.3, -0.25) is 0 Å². The highest BCUT2D eigenvalue weighted by Gasteiger charge is 2.07. The van der Waals surface area contributed by atoms with Crippen LogP contribution in [-0.2, 0) is 6.42 Å². The summed E-state index contributed by atoms with van der Waals surface area (Å²) in [4.78, 5) is 4.99. The summed E-state index contributed by atoms with van der Waals surface area (Å²) in [6, 6.07) is 7.99. The van der Waals surface area contributed by atoms with Crippen molar-refractivity contribution >= 4 is 22.1 Å². The van der Waals surface area contributed by atoms with Crippen LogP contribution in [0.25, 0.3) is 4.96 Å². The van der Waals surface area contributed by atoms with E-state index in [-0.39, 0.29) is 0 Å². The van der Waals surface area contributed by atoms with Crippen molar-refractivity contribution in [3.05, 3.63) is 41.0 Å². The average Bonchev–Trinajstić information content (AvgIpc) is 2.88. The number of para-hydroxylation sites is 1. The number of anilines is 1. The molecular formula is C13H14N4OS. The Morgan fingerprint density at radius 1 is 1.37 bits per heavy atom. The Hall–Kier alpha value is -2.08. The van der Waals surface area contributed by atoms with Crippen LogP contribution in [0.15, 0.2) is 30.5 Å². The van der Waals surface area contributed by atoms with E-state index in [4.69, 9.17) is 10.5 Å². The lowest BCUT2D eigenvalue weighted by Crippen LogP contribution is -2.02. The Balaban J connectivity index is 1.63. The van der Waals surface area contributed by atoms with Crippen LogP contribution in [0.4, 0.5) is 5.82 Å². The van der Waals surface area contributed by atoms with Gasteiger partial charge in [0, 0.05) is 6.42 Å². The number of nitrogens with two attached hydrogens (primary N) is 1. The monoisotopic (exact) mass is 274 g/mol. The molecule has 98 valence electrons. The summed E-state index contributed by atoms with van der Waals surface area (Å²) < 4.78 is 7.46. The molecule has 3 aromatic rings. The number of hydrogen-bond donors (Lipinski definition) is 1. The zero-order chi connectivity index (χ0) is 13.2. The van der Waals surface area contributed by atoms with E-state index >= 15 is 0 Å². The first-order valence-electron chi connectivity index (χ1n) is 6.01. The van der Waals surface area contributed by atoms with Gasteiger partial charge in [-0.1, -0.05) is 29.5 Å². The fourth-order valence-electron chi connectivity index (χ4n) is 1.83. The topological polar surface area (TPSA) is 65.4 Å². The molecule has 0 radical (unpaired) electrons. The molecule has 2 N–H and O–H groups in total. The van der Waals surface area contributed by atoms with E-state index in [0.29, 0.717) is 12.4 Å². The van der Waals surface area contributed by atoms with Crippen LogP contribution in [0, 0.1) is 6.92 Å². The molecule has 0 aliphatic heterocycles. The molecule has 3 rings (SSSR count). The molecule has 5 nitrogen and oxygen atoms in total. The fourth-order valence-corrected chi connectivity index (χ4v) is 2.69. The number of nitrogens with zero attached hydrogens (tertiary/aromatic N) is 3. The number of hydrogen-bond acceptors (Lipinski definition) is 5. The van der Waals surface area contributed by atoms with E-state index in [1.54, 1.807) is 10.7 Å². The molecule has 0 fully saturated rings. The number of fused-ring (bicyclic) bond motifs is 1. The van der Waals surface area contributed by atoms with Gasteiger partial charge in [-0.2, -0.15) is 5.10 Å². The highest BCUT2D eigenvalue weighted by molar-refractivity contribution is 7.16. The van der Waals surface area contributed by atoms with Crippen molar-refractivity contribution in [3.63, 3.8) is 0 Å². The van der Waals surface area contributed by atoms with Gasteiger partial charge < -0.3 is 10.5 Å². The van der Waals surface area contributed by atoms with Gasteiger partial charge in [0.05, 0.1) is 12.8 Å². The summed E-state index contributed by atoms with van der Waals surface area (Å²) in [5, 5.41) is 5.40. The molecule has 19 heavy (non-hydrogen) atoms. The standard InChI is InChI=1S/C13H14N4OS/c1-9-4-2-3-5-10(9)18-7-6-12-16-17-8-11(14)15-13(17)19-12/h2-5,8H,6-7,14H2,1H3. The third-order valence-corrected chi connectivity index (χ3v) is 3.75. The Bertz CT molecular complexity index is 672. The van der Waals surface area contributed by atoms with Gasteiger partial charge in [-0.25, -0.2) is 9.50 Å². The molecule has 0 spiro atoms. The molecule has 0 atom stereocenters. The van der Waals surface area contributed by atoms with Crippen molar-refractivity contribution in [1.29, 1.82) is 0 Å². The van der Waals surface area contributed by atoms with E-state index in [1.165, 1.54) is 11.3 Å². The zero-order valence-electron chi connectivity index (χ0n) is 10.5. The summed E-state index contributed by atoms with van der Waals surface area (Å²) in [7, 11) is 0. The lowest BCUT2D eigenvalue weighted by Gasteiger charge is -2.07. The number of rotatable bonds is 4. The van der Waals surface area contributed by atoms with Crippen LogP contribution in [0.3, 0.4) is 0 Å². The van der Waals surface area contributed by atoms with Gasteiger partial charge in [0.25, 0.3) is 0 Å². The van der Waals surface area contributed by atoms with Gasteiger partial charge in [-0.15, -0.1) is 0 Å². The van der Waals surface area contributed by atoms with Crippen molar-refractivity contribution < 1.29 is 4.74 Å². The van der Waals surface area contributed by atoms with Crippen LogP contribution < -0.4 is 10.5 Å². The summed E-state index contributed by atoms with van der Waals surface area (Å²) in [6.07, 6.45) is 2.49. The van der Waals surface area contributed by atoms with Crippen LogP contribution in [0.5, 0.6) is 5.75 Å². The van der Waals surface area contributed by atoms with Gasteiger partial charge in [-0.05, 0) is 18.6 Å². The first-order valence-corrected chi connectivity index (χ1v) is 6.83. The maximum absolute atomic E-state index is 5.75. The molecule has 0 saturated heterocycles. The Morgan fingerprint density at radius 3 is 3.00 bits per heavy atom. The minimum atomic E-state index is 0.501. The first-order chi connectivity index (χ1) is 9.22. The Kier molecular flexibility index (Phi) is 3.08. The number of aryl methyl sites for hydroxylation is 1. The Labute approximate surface area is 114 Å². The second-order valence-corrected chi connectivity index (χ2v) is 5.29. The molecule has 6 heteroatoms. The highest BCUT2D eigenvalue weighted by Crippen LogP contribution is 2.18. The smallest absolute Gasteiger partial charge is 0.214 e. The van der Waals surface area contributed by atoms with Crippen molar-refractivity contribution in [3.8, 4) is 5.75 Å². The lowest BCUT2D eigenvalue weighted by molar-refractivity contribution is 0.319.